The Morgan fingerprint density at radius 2 is 1.35 bits per heavy atom. The van der Waals surface area contributed by atoms with Gasteiger partial charge >= 0.3 is 0 Å². The molecule has 2 heterocycles. The summed E-state index contributed by atoms with van der Waals surface area (Å²) < 4.78 is 0. The predicted octanol–water partition coefficient (Wildman–Crippen LogP) is 13.3. The number of hydrogen-bond acceptors (Lipinski definition) is 3. The molecular weight excluding hydrogens is 669 g/mol. The molecule has 4 aromatic carbocycles. The first-order valence-electron chi connectivity index (χ1n) is 18.5. The summed E-state index contributed by atoms with van der Waals surface area (Å²) in [6.45, 7) is 18.5. The minimum absolute atomic E-state index is 0.554. The van der Waals surface area contributed by atoms with Crippen molar-refractivity contribution in [2.45, 2.75) is 34.6 Å². The smallest absolute Gasteiger partial charge is 0.160 e. The summed E-state index contributed by atoms with van der Waals surface area (Å²) in [5.41, 5.74) is 14.6. The summed E-state index contributed by atoms with van der Waals surface area (Å²) in [5, 5.41) is 1.07. The maximum Gasteiger partial charge on any atom is 0.160 e. The van der Waals surface area contributed by atoms with Crippen LogP contribution in [0.5, 0.6) is 0 Å². The van der Waals surface area contributed by atoms with Crippen LogP contribution in [0.1, 0.15) is 65.4 Å². The van der Waals surface area contributed by atoms with E-state index in [1.54, 1.807) is 6.08 Å². The number of aryl methyl sites for hydroxylation is 2. The molecule has 55 heavy (non-hydrogen) atoms. The number of aromatic nitrogens is 2. The fourth-order valence-electron chi connectivity index (χ4n) is 6.27. The second kappa shape index (κ2) is 17.8. The Labute approximate surface area is 325 Å². The first kappa shape index (κ1) is 38.0. The number of benzene rings is 4. The Morgan fingerprint density at radius 3 is 2.07 bits per heavy atom. The lowest BCUT2D eigenvalue weighted by molar-refractivity contribution is 1.19. The minimum atomic E-state index is 0.554. The van der Waals surface area contributed by atoms with Crippen LogP contribution >= 0.6 is 0 Å². The molecule has 6 aromatic rings. The molecule has 0 spiro atoms. The van der Waals surface area contributed by atoms with Crippen molar-refractivity contribution >= 4 is 46.4 Å². The summed E-state index contributed by atoms with van der Waals surface area (Å²) in [4.78, 5) is 20.1. The molecule has 0 fully saturated rings. The lowest BCUT2D eigenvalue weighted by Gasteiger charge is -2.14. The van der Waals surface area contributed by atoms with Gasteiger partial charge in [-0.05, 0) is 122 Å². The number of rotatable bonds is 11. The number of para-hydroxylation sites is 1. The number of fused-ring (bicyclic) bond motifs is 1. The predicted molar refractivity (Wildman–Crippen MR) is 238 cm³/mol. The Balaban J connectivity index is 1.55. The highest BCUT2D eigenvalue weighted by Gasteiger charge is 2.14. The second-order valence-corrected chi connectivity index (χ2v) is 13.4. The summed E-state index contributed by atoms with van der Waals surface area (Å²) in [7, 11) is 0. The molecule has 0 aliphatic rings. The highest BCUT2D eigenvalue weighted by atomic mass is 14.9. The van der Waals surface area contributed by atoms with Gasteiger partial charge in [0.25, 0.3) is 0 Å². The van der Waals surface area contributed by atoms with E-state index in [4.69, 9.17) is 20.0 Å². The van der Waals surface area contributed by atoms with Crippen molar-refractivity contribution in [2.75, 3.05) is 0 Å². The van der Waals surface area contributed by atoms with Crippen molar-refractivity contribution in [2.24, 2.45) is 9.98 Å². The van der Waals surface area contributed by atoms with E-state index >= 15 is 0 Å². The van der Waals surface area contributed by atoms with E-state index in [1.165, 1.54) is 0 Å². The van der Waals surface area contributed by atoms with Crippen LogP contribution in [-0.2, 0) is 0 Å². The fraction of sp³-hybridized carbons (Fsp3) is 0.0980. The van der Waals surface area contributed by atoms with Gasteiger partial charge in [-0.2, -0.15) is 0 Å². The first-order chi connectivity index (χ1) is 26.8. The molecule has 2 aromatic heterocycles. The summed E-state index contributed by atoms with van der Waals surface area (Å²) in [5.74, 6) is 0.554. The van der Waals surface area contributed by atoms with Crippen molar-refractivity contribution < 1.29 is 0 Å². The van der Waals surface area contributed by atoms with Crippen molar-refractivity contribution in [3.8, 4) is 22.3 Å². The molecular formula is C51H46N4. The quantitative estimate of drug-likeness (QED) is 0.0762. The molecule has 0 aliphatic heterocycles. The van der Waals surface area contributed by atoms with Crippen LogP contribution in [0.15, 0.2) is 169 Å². The molecule has 270 valence electrons. The van der Waals surface area contributed by atoms with E-state index in [2.05, 4.69) is 117 Å². The molecule has 4 heteroatoms. The van der Waals surface area contributed by atoms with Gasteiger partial charge in [-0.15, -0.1) is 0 Å². The standard InChI is InChI=1S/C51H46N4/c1-8-11-13-17-39-21-23-41(24-22-39)37(6)54-51(55-38(7)43-26-25-40(18-12-9-2)35(4)27-43)47-31-45(48-28-42(16-10-3)36(5)52-33-48)30-46(32-47)49-29-44-19-14-15-20-50(44)53-34-49/h8-34H,2,6H2,1,3-5,7H3/b11-8-,16-10-,17-13-,18-12-,54-51-,55-38+. The molecule has 0 saturated carbocycles. The fourth-order valence-corrected chi connectivity index (χ4v) is 6.27. The van der Waals surface area contributed by atoms with Crippen LogP contribution in [0.3, 0.4) is 0 Å². The van der Waals surface area contributed by atoms with Crippen LogP contribution in [0.25, 0.3) is 57.1 Å². The Morgan fingerprint density at radius 1 is 0.618 bits per heavy atom. The monoisotopic (exact) mass is 714 g/mol. The number of hydrogen-bond donors (Lipinski definition) is 0. The molecule has 6 rings (SSSR count). The molecule has 0 N–H and O–H groups in total. The molecule has 0 amide bonds. The third-order valence-electron chi connectivity index (χ3n) is 9.37. The van der Waals surface area contributed by atoms with Gasteiger partial charge in [-0.25, -0.2) is 9.98 Å². The number of allylic oxidation sites excluding steroid dienone is 6. The molecule has 0 atom stereocenters. The Kier molecular flexibility index (Phi) is 12.3. The normalized spacial score (nSPS) is 12.5. The van der Waals surface area contributed by atoms with Crippen molar-refractivity contribution in [3.63, 3.8) is 0 Å². The molecule has 0 aliphatic carbocycles. The Bertz CT molecular complexity index is 2560. The second-order valence-electron chi connectivity index (χ2n) is 13.4. The summed E-state index contributed by atoms with van der Waals surface area (Å²) >= 11 is 0. The number of nitrogens with zero attached hydrogens (tertiary/aromatic N) is 4. The Hall–Kier alpha value is -6.78. The molecule has 4 nitrogen and oxygen atoms in total. The average Bonchev–Trinajstić information content (AvgIpc) is 3.21. The van der Waals surface area contributed by atoms with E-state index in [0.717, 1.165) is 83.5 Å². The maximum atomic E-state index is 5.27. The van der Waals surface area contributed by atoms with Crippen molar-refractivity contribution in [1.29, 1.82) is 0 Å². The van der Waals surface area contributed by atoms with Gasteiger partial charge in [0.2, 0.25) is 0 Å². The van der Waals surface area contributed by atoms with Crippen LogP contribution in [0.2, 0.25) is 0 Å². The van der Waals surface area contributed by atoms with Crippen LogP contribution in [-0.4, -0.2) is 21.5 Å². The molecule has 0 saturated heterocycles. The van der Waals surface area contributed by atoms with Crippen LogP contribution in [0.4, 0.5) is 0 Å². The van der Waals surface area contributed by atoms with Gasteiger partial charge in [0.15, 0.2) is 5.84 Å². The zero-order chi connectivity index (χ0) is 38.7. The third-order valence-corrected chi connectivity index (χ3v) is 9.37. The lowest BCUT2D eigenvalue weighted by Crippen LogP contribution is -2.06. The highest BCUT2D eigenvalue weighted by Crippen LogP contribution is 2.32. The van der Waals surface area contributed by atoms with E-state index in [-0.39, 0.29) is 0 Å². The SMILES string of the molecule is C=C/C=C\c1ccc(/C(C)=N/C(=N\C(=C)c2ccc(/C=C\C=C/C)cc2)c2cc(-c3cnc(C)c(/C=C\C)c3)cc(-c3cnc4ccccc4c3)c2)cc1C. The highest BCUT2D eigenvalue weighted by molar-refractivity contribution is 6.13. The molecule has 0 unspecified atom stereocenters. The summed E-state index contributed by atoms with van der Waals surface area (Å²) in [6.07, 6.45) is 21.9. The van der Waals surface area contributed by atoms with Gasteiger partial charge in [0, 0.05) is 45.9 Å². The zero-order valence-corrected chi connectivity index (χ0v) is 32.3. The lowest BCUT2D eigenvalue weighted by atomic mass is 9.95. The number of pyridine rings is 2. The third kappa shape index (κ3) is 9.42. The van der Waals surface area contributed by atoms with Crippen molar-refractivity contribution in [1.82, 2.24) is 9.97 Å². The van der Waals surface area contributed by atoms with Gasteiger partial charge in [0.05, 0.1) is 11.2 Å². The number of aliphatic imine (C=N–C) groups is 2. The molecule has 0 radical (unpaired) electrons. The van der Waals surface area contributed by atoms with E-state index in [1.807, 2.05) is 88.7 Å². The zero-order valence-electron chi connectivity index (χ0n) is 32.3. The van der Waals surface area contributed by atoms with Gasteiger partial charge in [-0.3, -0.25) is 9.97 Å². The molecule has 0 bridgehead atoms. The largest absolute Gasteiger partial charge is 0.260 e. The topological polar surface area (TPSA) is 50.5 Å². The van der Waals surface area contributed by atoms with Crippen LogP contribution < -0.4 is 0 Å². The summed E-state index contributed by atoms with van der Waals surface area (Å²) in [6, 6.07) is 33.7. The van der Waals surface area contributed by atoms with Gasteiger partial charge < -0.3 is 0 Å². The van der Waals surface area contributed by atoms with E-state index < -0.39 is 0 Å². The maximum absolute atomic E-state index is 5.27. The first-order valence-corrected chi connectivity index (χ1v) is 18.5. The average molecular weight is 715 g/mol. The van der Waals surface area contributed by atoms with Crippen LogP contribution in [0, 0.1) is 13.8 Å². The van der Waals surface area contributed by atoms with E-state index in [9.17, 15) is 0 Å². The van der Waals surface area contributed by atoms with Gasteiger partial charge in [0.1, 0.15) is 0 Å². The van der Waals surface area contributed by atoms with Gasteiger partial charge in [-0.1, -0.05) is 122 Å². The van der Waals surface area contributed by atoms with E-state index in [0.29, 0.717) is 11.5 Å². The minimum Gasteiger partial charge on any atom is -0.260 e. The van der Waals surface area contributed by atoms with Crippen molar-refractivity contribution in [3.05, 3.63) is 204 Å². The number of amidine groups is 1.